The monoisotopic (exact) mass is 635 g/mol. The lowest BCUT2D eigenvalue weighted by molar-refractivity contribution is -0.145. The molecule has 0 saturated carbocycles. The third kappa shape index (κ3) is 16.6. The summed E-state index contributed by atoms with van der Waals surface area (Å²) in [6.07, 6.45) is 6.75. The Hall–Kier alpha value is -4.44. The Morgan fingerprint density at radius 2 is 1.52 bits per heavy atom. The minimum atomic E-state index is -0.694. The molecular weight excluding hydrogens is 586 g/mol. The maximum atomic E-state index is 13.3. The molecule has 0 aliphatic rings. The first-order chi connectivity index (χ1) is 22.3. The molecule has 0 saturated heterocycles. The average Bonchev–Trinajstić information content (AvgIpc) is 3.06. The molecule has 0 heterocycles. The lowest BCUT2D eigenvalue weighted by Crippen LogP contribution is -2.45. The van der Waals surface area contributed by atoms with Gasteiger partial charge in [-0.2, -0.15) is 0 Å². The van der Waals surface area contributed by atoms with E-state index in [1.54, 1.807) is 12.2 Å². The predicted octanol–water partition coefficient (Wildman–Crippen LogP) is 4.77. The number of esters is 1. The van der Waals surface area contributed by atoms with Crippen molar-refractivity contribution in [1.82, 2.24) is 16.0 Å². The number of ether oxygens (including phenoxy) is 2. The Morgan fingerprint density at radius 1 is 0.826 bits per heavy atom. The zero-order chi connectivity index (χ0) is 33.4. The molecule has 0 aliphatic heterocycles. The van der Waals surface area contributed by atoms with Gasteiger partial charge in [0.15, 0.2) is 0 Å². The van der Waals surface area contributed by atoms with Gasteiger partial charge in [0, 0.05) is 19.4 Å². The van der Waals surface area contributed by atoms with Crippen LogP contribution >= 0.6 is 0 Å². The van der Waals surface area contributed by atoms with E-state index >= 15 is 0 Å². The van der Waals surface area contributed by atoms with Gasteiger partial charge < -0.3 is 30.5 Å². The molecule has 4 N–H and O–H groups in total. The van der Waals surface area contributed by atoms with Crippen LogP contribution in [0.5, 0.6) is 0 Å². The van der Waals surface area contributed by atoms with E-state index in [0.717, 1.165) is 11.1 Å². The minimum Gasteiger partial charge on any atom is -0.463 e. The first kappa shape index (κ1) is 37.7. The van der Waals surface area contributed by atoms with Crippen molar-refractivity contribution < 1.29 is 33.8 Å². The molecule has 10 heteroatoms. The van der Waals surface area contributed by atoms with Gasteiger partial charge in [-0.05, 0) is 56.1 Å². The van der Waals surface area contributed by atoms with E-state index in [1.807, 2.05) is 60.7 Å². The maximum absolute atomic E-state index is 13.3. The summed E-state index contributed by atoms with van der Waals surface area (Å²) in [5, 5.41) is 18.3. The topological polar surface area (TPSA) is 143 Å². The lowest BCUT2D eigenvalue weighted by atomic mass is 9.98. The highest BCUT2D eigenvalue weighted by Gasteiger charge is 2.25. The van der Waals surface area contributed by atoms with Crippen LogP contribution in [0.4, 0.5) is 4.79 Å². The summed E-state index contributed by atoms with van der Waals surface area (Å²) >= 11 is 0. The van der Waals surface area contributed by atoms with Crippen LogP contribution in [0, 0.1) is 5.92 Å². The van der Waals surface area contributed by atoms with Crippen LogP contribution in [0.3, 0.4) is 0 Å². The van der Waals surface area contributed by atoms with Gasteiger partial charge in [0.05, 0.1) is 24.6 Å². The highest BCUT2D eigenvalue weighted by Crippen LogP contribution is 2.13. The summed E-state index contributed by atoms with van der Waals surface area (Å²) in [5.41, 5.74) is 1.87. The fourth-order valence-electron chi connectivity index (χ4n) is 4.71. The van der Waals surface area contributed by atoms with E-state index in [1.165, 1.54) is 0 Å². The number of unbranched alkanes of at least 4 members (excludes halogenated alkanes) is 2. The number of carbonyl (C=O) groups is 4. The molecule has 0 aliphatic carbocycles. The van der Waals surface area contributed by atoms with Crippen molar-refractivity contribution in [2.75, 3.05) is 19.8 Å². The van der Waals surface area contributed by atoms with Crippen molar-refractivity contribution in [3.63, 3.8) is 0 Å². The van der Waals surface area contributed by atoms with E-state index in [2.05, 4.69) is 29.1 Å². The summed E-state index contributed by atoms with van der Waals surface area (Å²) < 4.78 is 10.7. The van der Waals surface area contributed by atoms with E-state index in [4.69, 9.17) is 9.47 Å². The molecule has 0 aromatic heterocycles. The number of amides is 3. The second-order valence-corrected chi connectivity index (χ2v) is 11.1. The SMILES string of the molecule is C=CCCCC(=O)OC[C@H](CCCCNC(=O)OCc1ccccc1)NC(=O)[C@@H](CC=C)CC(=O)N[C@H](CO)Cc1ccccc1. The van der Waals surface area contributed by atoms with Crippen molar-refractivity contribution >= 4 is 23.9 Å². The van der Waals surface area contributed by atoms with Crippen molar-refractivity contribution in [3.05, 3.63) is 97.1 Å². The Kier molecular flexibility index (Phi) is 18.9. The van der Waals surface area contributed by atoms with E-state index in [0.29, 0.717) is 45.1 Å². The molecule has 46 heavy (non-hydrogen) atoms. The van der Waals surface area contributed by atoms with Crippen molar-refractivity contribution in [1.29, 1.82) is 0 Å². The normalized spacial score (nSPS) is 12.5. The molecular formula is C36H49N3O7. The van der Waals surface area contributed by atoms with E-state index < -0.39 is 24.1 Å². The average molecular weight is 636 g/mol. The van der Waals surface area contributed by atoms with Crippen molar-refractivity contribution in [2.45, 2.75) is 76.5 Å². The molecule has 250 valence electrons. The summed E-state index contributed by atoms with van der Waals surface area (Å²) in [6, 6.07) is 17.9. The zero-order valence-electron chi connectivity index (χ0n) is 26.7. The zero-order valence-corrected chi connectivity index (χ0v) is 26.7. The van der Waals surface area contributed by atoms with Crippen LogP contribution < -0.4 is 16.0 Å². The quantitative estimate of drug-likeness (QED) is 0.0783. The molecule has 2 aromatic carbocycles. The van der Waals surface area contributed by atoms with Gasteiger partial charge in [-0.1, -0.05) is 72.8 Å². The molecule has 10 nitrogen and oxygen atoms in total. The van der Waals surface area contributed by atoms with Crippen LogP contribution in [-0.4, -0.2) is 60.8 Å². The Morgan fingerprint density at radius 3 is 2.17 bits per heavy atom. The fraction of sp³-hybridized carbons (Fsp3) is 0.444. The Labute approximate surface area is 272 Å². The van der Waals surface area contributed by atoms with Gasteiger partial charge in [-0.15, -0.1) is 13.2 Å². The number of allylic oxidation sites excluding steroid dienone is 2. The van der Waals surface area contributed by atoms with Crippen molar-refractivity contribution in [2.24, 2.45) is 5.92 Å². The first-order valence-corrected chi connectivity index (χ1v) is 15.9. The first-order valence-electron chi connectivity index (χ1n) is 15.9. The molecule has 0 radical (unpaired) electrons. The minimum absolute atomic E-state index is 0.0120. The number of aliphatic hydroxyl groups is 1. The predicted molar refractivity (Wildman–Crippen MR) is 178 cm³/mol. The number of carbonyl (C=O) groups excluding carboxylic acids is 4. The van der Waals surface area contributed by atoms with Crippen LogP contribution in [0.1, 0.15) is 62.5 Å². The lowest BCUT2D eigenvalue weighted by Gasteiger charge is -2.23. The molecule has 2 aromatic rings. The molecule has 0 bridgehead atoms. The van der Waals surface area contributed by atoms with Crippen LogP contribution in [0.15, 0.2) is 86.0 Å². The van der Waals surface area contributed by atoms with E-state index in [9.17, 15) is 24.3 Å². The number of hydrogen-bond donors (Lipinski definition) is 4. The third-order valence-electron chi connectivity index (χ3n) is 7.21. The third-order valence-corrected chi connectivity index (χ3v) is 7.21. The molecule has 2 rings (SSSR count). The van der Waals surface area contributed by atoms with E-state index in [-0.39, 0.29) is 56.9 Å². The summed E-state index contributed by atoms with van der Waals surface area (Å²) in [5.74, 6) is -1.76. The number of nitrogens with one attached hydrogen (secondary N) is 3. The summed E-state index contributed by atoms with van der Waals surface area (Å²) in [4.78, 5) is 50.5. The molecule has 3 amide bonds. The number of alkyl carbamates (subject to hydrolysis) is 1. The maximum Gasteiger partial charge on any atom is 0.407 e. The highest BCUT2D eigenvalue weighted by molar-refractivity contribution is 5.86. The van der Waals surface area contributed by atoms with Crippen LogP contribution in [-0.2, 0) is 36.9 Å². The summed E-state index contributed by atoms with van der Waals surface area (Å²) in [7, 11) is 0. The smallest absolute Gasteiger partial charge is 0.407 e. The number of benzene rings is 2. The molecule has 0 spiro atoms. The second kappa shape index (κ2) is 23.0. The van der Waals surface area contributed by atoms with Crippen LogP contribution in [0.25, 0.3) is 0 Å². The second-order valence-electron chi connectivity index (χ2n) is 11.1. The van der Waals surface area contributed by atoms with Gasteiger partial charge in [0.1, 0.15) is 13.2 Å². The number of aliphatic hydroxyl groups excluding tert-OH is 1. The molecule has 3 atom stereocenters. The van der Waals surface area contributed by atoms with Gasteiger partial charge >= 0.3 is 12.1 Å². The van der Waals surface area contributed by atoms with Gasteiger partial charge in [0.2, 0.25) is 11.8 Å². The Bertz CT molecular complexity index is 1210. The van der Waals surface area contributed by atoms with Crippen LogP contribution in [0.2, 0.25) is 0 Å². The van der Waals surface area contributed by atoms with Gasteiger partial charge in [0.25, 0.3) is 0 Å². The standard InChI is InChI=1S/C36H49N3O7/c1-3-5-8-21-34(42)45-27-31(20-13-14-22-37-36(44)46-26-29-18-11-7-12-19-29)39-35(43)30(15-4-2)24-33(41)38-32(25-40)23-28-16-9-6-10-17-28/h3-4,6-7,9-12,16-19,30-32,40H,1-2,5,8,13-15,20-27H2,(H,37,44)(H,38,41)(H,39,43)/t30-,31-,32-/m0/s1. The van der Waals surface area contributed by atoms with Crippen molar-refractivity contribution in [3.8, 4) is 0 Å². The van der Waals surface area contributed by atoms with Gasteiger partial charge in [-0.3, -0.25) is 14.4 Å². The highest BCUT2D eigenvalue weighted by atomic mass is 16.5. The number of rotatable bonds is 23. The Balaban J connectivity index is 1.89. The fourth-order valence-corrected chi connectivity index (χ4v) is 4.71. The molecule has 0 unspecified atom stereocenters. The van der Waals surface area contributed by atoms with Gasteiger partial charge in [-0.25, -0.2) is 4.79 Å². The summed E-state index contributed by atoms with van der Waals surface area (Å²) in [6.45, 7) is 7.70. The largest absolute Gasteiger partial charge is 0.463 e. The number of hydrogen-bond acceptors (Lipinski definition) is 7. The molecule has 0 fully saturated rings.